The maximum Gasteiger partial charge on any atom is 0.305 e. The number of hydrogen-bond donors (Lipinski definition) is 0. The van der Waals surface area contributed by atoms with Crippen molar-refractivity contribution < 1.29 is 33.4 Å². The summed E-state index contributed by atoms with van der Waals surface area (Å²) in [6.45, 7) is 4.01. The lowest BCUT2D eigenvalue weighted by Crippen LogP contribution is -2.52. The molecule has 8 nitrogen and oxygen atoms in total. The first kappa shape index (κ1) is 18.4. The minimum Gasteiger partial charge on any atom is -0.422 e. The number of rotatable bonds is 4. The molecule has 8 heteroatoms. The van der Waals surface area contributed by atoms with Crippen LogP contribution < -0.4 is 4.90 Å². The van der Waals surface area contributed by atoms with Gasteiger partial charge < -0.3 is 14.2 Å². The Hall–Kier alpha value is -3.00. The van der Waals surface area contributed by atoms with E-state index in [-0.39, 0.29) is 0 Å². The monoisotopic (exact) mass is 385 g/mol. The van der Waals surface area contributed by atoms with E-state index in [0.29, 0.717) is 5.69 Å². The van der Waals surface area contributed by atoms with Crippen LogP contribution in [0, 0.1) is 11.8 Å². The molecule has 1 aromatic carbocycles. The van der Waals surface area contributed by atoms with Crippen LogP contribution in [0.3, 0.4) is 0 Å². The topological polar surface area (TPSA) is 99.2 Å². The molecule has 2 amide bonds. The average Bonchev–Trinajstić information content (AvgIpc) is 3.20. The number of esters is 2. The van der Waals surface area contributed by atoms with Crippen LogP contribution in [0.15, 0.2) is 42.5 Å². The zero-order valence-corrected chi connectivity index (χ0v) is 15.6. The Balaban J connectivity index is 1.80. The largest absolute Gasteiger partial charge is 0.422 e. The van der Waals surface area contributed by atoms with E-state index in [4.69, 9.17) is 14.2 Å². The van der Waals surface area contributed by atoms with Crippen LogP contribution in [0.25, 0.3) is 0 Å². The standard InChI is InChI=1S/C20H19NO7/c1-11(22)26-18(27-12(2)23)20-10-9-19(3,28-20)14-15(20)17(25)21(16(14)24)13-7-5-4-6-8-13/h4-10,14-15,18H,1-3H3/t14-,15+,19+,20-/m0/s1. The predicted molar refractivity (Wildman–Crippen MR) is 94.6 cm³/mol. The van der Waals surface area contributed by atoms with Crippen molar-refractivity contribution in [3.8, 4) is 0 Å². The average molecular weight is 385 g/mol. The molecule has 0 N–H and O–H groups in total. The minimum absolute atomic E-state index is 0.403. The summed E-state index contributed by atoms with van der Waals surface area (Å²) in [5.74, 6) is -4.10. The second-order valence-electron chi connectivity index (χ2n) is 7.33. The normalized spacial score (nSPS) is 32.8. The lowest BCUT2D eigenvalue weighted by atomic mass is 9.72. The molecule has 0 aromatic heterocycles. The lowest BCUT2D eigenvalue weighted by Gasteiger charge is -2.34. The molecule has 0 saturated carbocycles. The van der Waals surface area contributed by atoms with Gasteiger partial charge in [-0.3, -0.25) is 19.2 Å². The van der Waals surface area contributed by atoms with Gasteiger partial charge in [0.25, 0.3) is 6.29 Å². The zero-order valence-electron chi connectivity index (χ0n) is 15.6. The molecule has 2 saturated heterocycles. The van der Waals surface area contributed by atoms with Gasteiger partial charge in [-0.15, -0.1) is 0 Å². The van der Waals surface area contributed by atoms with Crippen molar-refractivity contribution in [3.05, 3.63) is 42.5 Å². The first-order valence-electron chi connectivity index (χ1n) is 8.87. The second kappa shape index (κ2) is 6.00. The lowest BCUT2D eigenvalue weighted by molar-refractivity contribution is -0.231. The fraction of sp³-hybridized carbons (Fsp3) is 0.400. The summed E-state index contributed by atoms with van der Waals surface area (Å²) in [7, 11) is 0. The van der Waals surface area contributed by atoms with E-state index in [1.807, 2.05) is 0 Å². The van der Waals surface area contributed by atoms with Gasteiger partial charge in [0.1, 0.15) is 0 Å². The van der Waals surface area contributed by atoms with Gasteiger partial charge in [-0.05, 0) is 25.1 Å². The van der Waals surface area contributed by atoms with Crippen molar-refractivity contribution in [1.29, 1.82) is 0 Å². The van der Waals surface area contributed by atoms with E-state index in [0.717, 1.165) is 18.7 Å². The number of carbonyl (C=O) groups is 4. The highest BCUT2D eigenvalue weighted by atomic mass is 16.7. The Morgan fingerprint density at radius 3 is 2.14 bits per heavy atom. The van der Waals surface area contributed by atoms with Crippen molar-refractivity contribution >= 4 is 29.4 Å². The highest BCUT2D eigenvalue weighted by Crippen LogP contribution is 2.59. The van der Waals surface area contributed by atoms with Crippen molar-refractivity contribution in [1.82, 2.24) is 0 Å². The van der Waals surface area contributed by atoms with E-state index >= 15 is 0 Å². The van der Waals surface area contributed by atoms with Gasteiger partial charge in [0.05, 0.1) is 23.1 Å². The Kier molecular flexibility index (Phi) is 3.94. The quantitative estimate of drug-likeness (QED) is 0.334. The summed E-state index contributed by atoms with van der Waals surface area (Å²) in [6.07, 6.45) is 1.74. The number of hydrogen-bond acceptors (Lipinski definition) is 7. The number of nitrogens with zero attached hydrogens (tertiary/aromatic N) is 1. The summed E-state index contributed by atoms with van der Waals surface area (Å²) in [5.41, 5.74) is -2.20. The van der Waals surface area contributed by atoms with Crippen molar-refractivity contribution in [3.63, 3.8) is 0 Å². The molecule has 4 atom stereocenters. The van der Waals surface area contributed by atoms with Crippen LogP contribution in [0.4, 0.5) is 5.69 Å². The van der Waals surface area contributed by atoms with Crippen LogP contribution in [-0.2, 0) is 33.4 Å². The summed E-state index contributed by atoms with van der Waals surface area (Å²) >= 11 is 0. The molecule has 3 heterocycles. The Morgan fingerprint density at radius 1 is 1.00 bits per heavy atom. The number of anilines is 1. The Morgan fingerprint density at radius 2 is 1.57 bits per heavy atom. The Labute approximate surface area is 161 Å². The number of imide groups is 1. The van der Waals surface area contributed by atoms with Crippen LogP contribution in [-0.4, -0.2) is 41.2 Å². The number of para-hydroxylation sites is 1. The van der Waals surface area contributed by atoms with Crippen LogP contribution >= 0.6 is 0 Å². The number of ether oxygens (including phenoxy) is 3. The van der Waals surface area contributed by atoms with E-state index in [9.17, 15) is 19.2 Å². The molecule has 0 aliphatic carbocycles. The molecule has 0 radical (unpaired) electrons. The zero-order chi connectivity index (χ0) is 20.3. The molecule has 3 aliphatic rings. The third-order valence-corrected chi connectivity index (χ3v) is 5.41. The summed E-state index contributed by atoms with van der Waals surface area (Å²) in [5, 5.41) is 0. The van der Waals surface area contributed by atoms with Gasteiger partial charge >= 0.3 is 11.9 Å². The molecule has 2 bridgehead atoms. The SMILES string of the molecule is CC(=O)OC(OC(C)=O)[C@@]12C=C[C@@](C)(O1)[C@@H]1C(=O)N(c3ccccc3)C(=O)[C@@H]12. The van der Waals surface area contributed by atoms with E-state index in [1.54, 1.807) is 49.4 Å². The first-order valence-corrected chi connectivity index (χ1v) is 8.87. The first-order chi connectivity index (χ1) is 13.2. The smallest absolute Gasteiger partial charge is 0.305 e. The van der Waals surface area contributed by atoms with E-state index in [2.05, 4.69) is 0 Å². The van der Waals surface area contributed by atoms with E-state index < -0.39 is 53.1 Å². The van der Waals surface area contributed by atoms with Crippen LogP contribution in [0.2, 0.25) is 0 Å². The molecule has 0 unspecified atom stereocenters. The maximum atomic E-state index is 13.3. The predicted octanol–water partition coefficient (Wildman–Crippen LogP) is 1.34. The molecule has 0 spiro atoms. The fourth-order valence-electron chi connectivity index (χ4n) is 4.40. The molecular formula is C20H19NO7. The molecular weight excluding hydrogens is 366 g/mol. The third kappa shape index (κ3) is 2.41. The number of benzene rings is 1. The van der Waals surface area contributed by atoms with Crippen molar-refractivity contribution in [2.75, 3.05) is 4.90 Å². The van der Waals surface area contributed by atoms with Gasteiger partial charge in [-0.25, -0.2) is 4.90 Å². The summed E-state index contributed by atoms with van der Waals surface area (Å²) in [6, 6.07) is 8.57. The van der Waals surface area contributed by atoms with Crippen LogP contribution in [0.5, 0.6) is 0 Å². The summed E-state index contributed by atoms with van der Waals surface area (Å²) in [4.78, 5) is 50.8. The number of amides is 2. The highest BCUT2D eigenvalue weighted by molar-refractivity contribution is 6.23. The highest BCUT2D eigenvalue weighted by Gasteiger charge is 2.75. The van der Waals surface area contributed by atoms with Crippen molar-refractivity contribution in [2.45, 2.75) is 38.3 Å². The molecule has 4 rings (SSSR count). The second-order valence-corrected chi connectivity index (χ2v) is 7.33. The van der Waals surface area contributed by atoms with Gasteiger partial charge in [0, 0.05) is 13.8 Å². The number of fused-ring (bicyclic) bond motifs is 5. The molecule has 3 aliphatic heterocycles. The Bertz CT molecular complexity index is 894. The van der Waals surface area contributed by atoms with Gasteiger partial charge in [-0.1, -0.05) is 24.3 Å². The van der Waals surface area contributed by atoms with E-state index in [1.165, 1.54) is 0 Å². The third-order valence-electron chi connectivity index (χ3n) is 5.41. The molecule has 1 aromatic rings. The van der Waals surface area contributed by atoms with Gasteiger partial charge in [0.15, 0.2) is 5.60 Å². The van der Waals surface area contributed by atoms with Gasteiger partial charge in [0.2, 0.25) is 11.8 Å². The fourth-order valence-corrected chi connectivity index (χ4v) is 4.40. The van der Waals surface area contributed by atoms with Crippen molar-refractivity contribution in [2.24, 2.45) is 11.8 Å². The molecule has 2 fully saturated rings. The van der Waals surface area contributed by atoms with Gasteiger partial charge in [-0.2, -0.15) is 0 Å². The molecule has 146 valence electrons. The maximum absolute atomic E-state index is 13.3. The minimum atomic E-state index is -1.56. The number of carbonyl (C=O) groups excluding carboxylic acids is 4. The summed E-state index contributed by atoms with van der Waals surface area (Å²) < 4.78 is 16.5. The molecule has 28 heavy (non-hydrogen) atoms. The van der Waals surface area contributed by atoms with Crippen LogP contribution in [0.1, 0.15) is 20.8 Å².